The van der Waals surface area contributed by atoms with Crippen molar-refractivity contribution in [3.63, 3.8) is 0 Å². The Balaban J connectivity index is 1.51. The highest BCUT2D eigenvalue weighted by atomic mass is 15.0. The Bertz CT molecular complexity index is 415. The Labute approximate surface area is 115 Å². The highest BCUT2D eigenvalue weighted by Crippen LogP contribution is 2.23. The van der Waals surface area contributed by atoms with Crippen LogP contribution in [-0.4, -0.2) is 29.1 Å². The monoisotopic (exact) mass is 260 g/mol. The van der Waals surface area contributed by atoms with Crippen LogP contribution in [0.1, 0.15) is 49.8 Å². The number of hydrogen-bond donors (Lipinski definition) is 2. The third kappa shape index (κ3) is 3.66. The summed E-state index contributed by atoms with van der Waals surface area (Å²) >= 11 is 0. The molecular formula is C15H24N4. The highest BCUT2D eigenvalue weighted by Gasteiger charge is 2.19. The molecule has 1 heterocycles. The molecule has 0 bridgehead atoms. The van der Waals surface area contributed by atoms with Gasteiger partial charge in [0, 0.05) is 23.8 Å². The Morgan fingerprint density at radius 1 is 1.05 bits per heavy atom. The van der Waals surface area contributed by atoms with Crippen LogP contribution in [-0.2, 0) is 12.8 Å². The van der Waals surface area contributed by atoms with Crippen LogP contribution in [0.15, 0.2) is 6.33 Å². The van der Waals surface area contributed by atoms with Crippen LogP contribution in [0, 0.1) is 0 Å². The van der Waals surface area contributed by atoms with E-state index in [4.69, 9.17) is 0 Å². The Morgan fingerprint density at radius 2 is 1.95 bits per heavy atom. The molecule has 19 heavy (non-hydrogen) atoms. The molecule has 0 aliphatic heterocycles. The van der Waals surface area contributed by atoms with E-state index in [0.717, 1.165) is 44.2 Å². The van der Waals surface area contributed by atoms with Gasteiger partial charge in [-0.2, -0.15) is 0 Å². The van der Waals surface area contributed by atoms with Crippen molar-refractivity contribution in [2.24, 2.45) is 0 Å². The van der Waals surface area contributed by atoms with Crippen LogP contribution in [0.25, 0.3) is 0 Å². The summed E-state index contributed by atoms with van der Waals surface area (Å²) in [5, 5.41) is 7.05. The number of nitrogens with zero attached hydrogens (tertiary/aromatic N) is 2. The molecule has 1 aromatic rings. The molecule has 0 amide bonds. The van der Waals surface area contributed by atoms with E-state index in [1.807, 2.05) is 0 Å². The second-order valence-corrected chi connectivity index (χ2v) is 5.72. The number of rotatable bonds is 6. The molecule has 3 rings (SSSR count). The summed E-state index contributed by atoms with van der Waals surface area (Å²) in [5.41, 5.74) is 2.64. The third-order valence-corrected chi connectivity index (χ3v) is 4.03. The van der Waals surface area contributed by atoms with Gasteiger partial charge in [-0.15, -0.1) is 0 Å². The zero-order valence-corrected chi connectivity index (χ0v) is 11.6. The first kappa shape index (κ1) is 12.9. The first-order valence-corrected chi connectivity index (χ1v) is 7.73. The SMILES string of the molecule is c1nc2c(c(NCCCNC3CC3)n1)CCCCC2. The topological polar surface area (TPSA) is 49.8 Å². The molecule has 0 atom stereocenters. The fraction of sp³-hybridized carbons (Fsp3) is 0.733. The van der Waals surface area contributed by atoms with E-state index in [9.17, 15) is 0 Å². The Morgan fingerprint density at radius 3 is 2.84 bits per heavy atom. The van der Waals surface area contributed by atoms with Crippen molar-refractivity contribution in [1.82, 2.24) is 15.3 Å². The van der Waals surface area contributed by atoms with Gasteiger partial charge in [-0.1, -0.05) is 6.42 Å². The number of aromatic nitrogens is 2. The molecule has 1 aromatic heterocycles. The van der Waals surface area contributed by atoms with Crippen molar-refractivity contribution in [2.45, 2.75) is 57.4 Å². The molecule has 104 valence electrons. The highest BCUT2D eigenvalue weighted by molar-refractivity contribution is 5.46. The summed E-state index contributed by atoms with van der Waals surface area (Å²) in [5.74, 6) is 1.08. The molecule has 1 fully saturated rings. The predicted molar refractivity (Wildman–Crippen MR) is 77.4 cm³/mol. The number of hydrogen-bond acceptors (Lipinski definition) is 4. The first-order chi connectivity index (χ1) is 9.43. The minimum Gasteiger partial charge on any atom is -0.370 e. The number of anilines is 1. The van der Waals surface area contributed by atoms with Crippen molar-refractivity contribution in [1.29, 1.82) is 0 Å². The third-order valence-electron chi connectivity index (χ3n) is 4.03. The summed E-state index contributed by atoms with van der Waals surface area (Å²) in [6, 6.07) is 0.815. The zero-order valence-electron chi connectivity index (χ0n) is 11.6. The lowest BCUT2D eigenvalue weighted by Gasteiger charge is -2.12. The molecule has 4 heteroatoms. The number of aryl methyl sites for hydroxylation is 1. The molecule has 0 radical (unpaired) electrons. The van der Waals surface area contributed by atoms with E-state index in [2.05, 4.69) is 20.6 Å². The van der Waals surface area contributed by atoms with Crippen molar-refractivity contribution < 1.29 is 0 Å². The van der Waals surface area contributed by atoms with Crippen molar-refractivity contribution >= 4 is 5.82 Å². The zero-order chi connectivity index (χ0) is 12.9. The van der Waals surface area contributed by atoms with Crippen LogP contribution in [0.4, 0.5) is 5.82 Å². The van der Waals surface area contributed by atoms with Crippen molar-refractivity contribution in [2.75, 3.05) is 18.4 Å². The van der Waals surface area contributed by atoms with Gasteiger partial charge in [0.1, 0.15) is 12.1 Å². The number of fused-ring (bicyclic) bond motifs is 1. The lowest BCUT2D eigenvalue weighted by atomic mass is 10.1. The van der Waals surface area contributed by atoms with Gasteiger partial charge in [0.15, 0.2) is 0 Å². The van der Waals surface area contributed by atoms with E-state index >= 15 is 0 Å². The standard InChI is InChI=1S/C15H24N4/c1-2-5-13-14(6-3-1)18-11-19-15(13)17-10-4-9-16-12-7-8-12/h11-12,16H,1-10H2,(H,17,18,19). The number of nitrogens with one attached hydrogen (secondary N) is 2. The quantitative estimate of drug-likeness (QED) is 0.609. The van der Waals surface area contributed by atoms with E-state index in [1.165, 1.54) is 43.4 Å². The lowest BCUT2D eigenvalue weighted by Crippen LogP contribution is -2.20. The van der Waals surface area contributed by atoms with Gasteiger partial charge in [-0.05, 0) is 51.5 Å². The summed E-state index contributed by atoms with van der Waals surface area (Å²) in [6.07, 6.45) is 11.7. The summed E-state index contributed by atoms with van der Waals surface area (Å²) in [6.45, 7) is 2.12. The fourth-order valence-electron chi connectivity index (χ4n) is 2.74. The summed E-state index contributed by atoms with van der Waals surface area (Å²) in [4.78, 5) is 8.89. The Kier molecular flexibility index (Phi) is 4.28. The first-order valence-electron chi connectivity index (χ1n) is 7.73. The fourth-order valence-corrected chi connectivity index (χ4v) is 2.74. The molecule has 0 saturated heterocycles. The van der Waals surface area contributed by atoms with E-state index in [-0.39, 0.29) is 0 Å². The summed E-state index contributed by atoms with van der Waals surface area (Å²) in [7, 11) is 0. The molecule has 2 N–H and O–H groups in total. The average Bonchev–Trinajstić information content (AvgIpc) is 3.24. The minimum absolute atomic E-state index is 0.815. The van der Waals surface area contributed by atoms with Gasteiger partial charge < -0.3 is 10.6 Å². The van der Waals surface area contributed by atoms with Crippen LogP contribution < -0.4 is 10.6 Å². The van der Waals surface area contributed by atoms with Gasteiger partial charge in [0.05, 0.1) is 0 Å². The molecule has 2 aliphatic carbocycles. The van der Waals surface area contributed by atoms with E-state index in [0.29, 0.717) is 0 Å². The molecule has 0 spiro atoms. The molecule has 0 aromatic carbocycles. The Hall–Kier alpha value is -1.16. The van der Waals surface area contributed by atoms with Crippen LogP contribution in [0.5, 0.6) is 0 Å². The maximum Gasteiger partial charge on any atom is 0.132 e. The molecule has 0 unspecified atom stereocenters. The van der Waals surface area contributed by atoms with Gasteiger partial charge in [0.2, 0.25) is 0 Å². The predicted octanol–water partition coefficient (Wildman–Crippen LogP) is 2.30. The minimum atomic E-state index is 0.815. The molecule has 1 saturated carbocycles. The van der Waals surface area contributed by atoms with Crippen molar-refractivity contribution in [3.05, 3.63) is 17.6 Å². The second-order valence-electron chi connectivity index (χ2n) is 5.72. The van der Waals surface area contributed by atoms with Crippen molar-refractivity contribution in [3.8, 4) is 0 Å². The molecule has 2 aliphatic rings. The van der Waals surface area contributed by atoms with Crippen LogP contribution in [0.2, 0.25) is 0 Å². The second kappa shape index (κ2) is 6.33. The average molecular weight is 260 g/mol. The van der Waals surface area contributed by atoms with E-state index in [1.54, 1.807) is 6.33 Å². The maximum atomic E-state index is 4.45. The largest absolute Gasteiger partial charge is 0.370 e. The molecule has 4 nitrogen and oxygen atoms in total. The van der Waals surface area contributed by atoms with Gasteiger partial charge in [-0.3, -0.25) is 0 Å². The van der Waals surface area contributed by atoms with Gasteiger partial charge >= 0.3 is 0 Å². The smallest absolute Gasteiger partial charge is 0.132 e. The van der Waals surface area contributed by atoms with Crippen LogP contribution in [0.3, 0.4) is 0 Å². The normalized spacial score (nSPS) is 18.7. The van der Waals surface area contributed by atoms with E-state index < -0.39 is 0 Å². The summed E-state index contributed by atoms with van der Waals surface area (Å²) < 4.78 is 0. The lowest BCUT2D eigenvalue weighted by molar-refractivity contribution is 0.658. The van der Waals surface area contributed by atoms with Crippen LogP contribution >= 0.6 is 0 Å². The molecular weight excluding hydrogens is 236 g/mol. The maximum absolute atomic E-state index is 4.45. The van der Waals surface area contributed by atoms with Gasteiger partial charge in [0.25, 0.3) is 0 Å². The van der Waals surface area contributed by atoms with Gasteiger partial charge in [-0.25, -0.2) is 9.97 Å².